The van der Waals surface area contributed by atoms with Crippen LogP contribution < -0.4 is 9.80 Å². The Labute approximate surface area is 128 Å². The van der Waals surface area contributed by atoms with Crippen LogP contribution in [-0.4, -0.2) is 14.6 Å². The first-order chi connectivity index (χ1) is 10.1. The Morgan fingerprint density at radius 1 is 0.952 bits per heavy atom. The summed E-state index contributed by atoms with van der Waals surface area (Å²) in [4.78, 5) is 0.324. The van der Waals surface area contributed by atoms with Crippen molar-refractivity contribution in [3.8, 4) is 0 Å². The number of benzene rings is 2. The summed E-state index contributed by atoms with van der Waals surface area (Å²) >= 11 is 0. The molecule has 112 valence electrons. The molecular formula is C16H20NO2PS. The fraction of sp³-hybridized carbons (Fsp3) is 0.250. The van der Waals surface area contributed by atoms with E-state index in [1.165, 1.54) is 0 Å². The summed E-state index contributed by atoms with van der Waals surface area (Å²) in [6.07, 6.45) is 2.93. The quantitative estimate of drug-likeness (QED) is 0.794. The van der Waals surface area contributed by atoms with Crippen LogP contribution in [0.2, 0.25) is 0 Å². The highest BCUT2D eigenvalue weighted by Crippen LogP contribution is 2.33. The van der Waals surface area contributed by atoms with Crippen molar-refractivity contribution in [2.24, 2.45) is 0 Å². The minimum Gasteiger partial charge on any atom is -0.207 e. The average Bonchev–Trinajstić information content (AvgIpc) is 2.53. The first kappa shape index (κ1) is 16.2. The van der Waals surface area contributed by atoms with E-state index in [-0.39, 0.29) is 0 Å². The molecule has 0 aliphatic heterocycles. The molecule has 0 aliphatic carbocycles. The third-order valence-corrected chi connectivity index (χ3v) is 7.51. The zero-order valence-corrected chi connectivity index (χ0v) is 13.8. The molecule has 0 aromatic heterocycles. The molecule has 21 heavy (non-hydrogen) atoms. The summed E-state index contributed by atoms with van der Waals surface area (Å²) in [6, 6.07) is 18.4. The fourth-order valence-electron chi connectivity index (χ4n) is 1.95. The number of unbranched alkanes of at least 4 members (excludes halogenated alkanes) is 1. The van der Waals surface area contributed by atoms with Crippen molar-refractivity contribution in [3.05, 3.63) is 60.7 Å². The van der Waals surface area contributed by atoms with E-state index in [0.717, 1.165) is 24.3 Å². The average molecular weight is 321 g/mol. The van der Waals surface area contributed by atoms with Crippen LogP contribution >= 0.6 is 8.07 Å². The van der Waals surface area contributed by atoms with Crippen LogP contribution in [0.1, 0.15) is 19.8 Å². The molecule has 1 atom stereocenters. The third-order valence-electron chi connectivity index (χ3n) is 3.09. The van der Waals surface area contributed by atoms with Crippen molar-refractivity contribution in [3.63, 3.8) is 0 Å². The van der Waals surface area contributed by atoms with Crippen LogP contribution in [0.15, 0.2) is 65.6 Å². The Morgan fingerprint density at radius 2 is 1.52 bits per heavy atom. The monoisotopic (exact) mass is 321 g/mol. The van der Waals surface area contributed by atoms with Gasteiger partial charge in [0.15, 0.2) is 0 Å². The van der Waals surface area contributed by atoms with Crippen molar-refractivity contribution in [1.29, 1.82) is 0 Å². The molecule has 2 aromatic carbocycles. The van der Waals surface area contributed by atoms with Crippen LogP contribution in [0, 0.1) is 0 Å². The summed E-state index contributed by atoms with van der Waals surface area (Å²) in [7, 11) is -4.37. The van der Waals surface area contributed by atoms with Crippen LogP contribution in [0.25, 0.3) is 0 Å². The van der Waals surface area contributed by atoms with Crippen molar-refractivity contribution in [2.45, 2.75) is 24.7 Å². The Balaban J connectivity index is 2.23. The highest BCUT2D eigenvalue weighted by atomic mass is 32.2. The number of hydrogen-bond acceptors (Lipinski definition) is 2. The van der Waals surface area contributed by atoms with Gasteiger partial charge in [0.25, 0.3) is 0 Å². The molecule has 2 rings (SSSR count). The Hall–Kier alpha value is -1.22. The minimum atomic E-state index is -3.46. The van der Waals surface area contributed by atoms with Crippen LogP contribution in [0.4, 0.5) is 0 Å². The Morgan fingerprint density at radius 3 is 2.10 bits per heavy atom. The van der Waals surface area contributed by atoms with E-state index < -0.39 is 18.1 Å². The van der Waals surface area contributed by atoms with Crippen molar-refractivity contribution < 1.29 is 8.42 Å². The highest BCUT2D eigenvalue weighted by Gasteiger charge is 2.20. The number of nitrogens with one attached hydrogen (secondary N) is 1. The molecule has 0 aliphatic rings. The molecule has 0 heterocycles. The predicted molar refractivity (Wildman–Crippen MR) is 89.5 cm³/mol. The number of sulfonamides is 1. The molecule has 0 saturated carbocycles. The minimum absolute atomic E-state index is 0.324. The smallest absolute Gasteiger partial charge is 0.207 e. The van der Waals surface area contributed by atoms with E-state index in [0.29, 0.717) is 4.90 Å². The van der Waals surface area contributed by atoms with Gasteiger partial charge < -0.3 is 0 Å². The first-order valence-electron chi connectivity index (χ1n) is 7.03. The lowest BCUT2D eigenvalue weighted by Crippen LogP contribution is -2.24. The second kappa shape index (κ2) is 7.69. The van der Waals surface area contributed by atoms with Gasteiger partial charge in [-0.2, -0.15) is 4.49 Å². The maximum Gasteiger partial charge on any atom is 0.244 e. The molecule has 1 N–H and O–H groups in total. The second-order valence-electron chi connectivity index (χ2n) is 4.75. The lowest BCUT2D eigenvalue weighted by molar-refractivity contribution is 0.594. The van der Waals surface area contributed by atoms with Gasteiger partial charge in [-0.1, -0.05) is 61.9 Å². The molecule has 0 spiro atoms. The van der Waals surface area contributed by atoms with Crippen molar-refractivity contribution >= 4 is 23.4 Å². The summed E-state index contributed by atoms with van der Waals surface area (Å²) in [5.74, 6) is 0. The molecule has 1 unspecified atom stereocenters. The van der Waals surface area contributed by atoms with Gasteiger partial charge in [-0.15, -0.1) is 0 Å². The van der Waals surface area contributed by atoms with Gasteiger partial charge in [-0.3, -0.25) is 0 Å². The van der Waals surface area contributed by atoms with Gasteiger partial charge in [-0.25, -0.2) is 8.42 Å². The molecule has 3 nitrogen and oxygen atoms in total. The number of hydrogen-bond donors (Lipinski definition) is 1. The topological polar surface area (TPSA) is 46.2 Å². The van der Waals surface area contributed by atoms with E-state index in [1.54, 1.807) is 24.3 Å². The lowest BCUT2D eigenvalue weighted by Gasteiger charge is -2.19. The molecule has 0 radical (unpaired) electrons. The zero-order chi connectivity index (χ0) is 15.1. The largest absolute Gasteiger partial charge is 0.244 e. The summed E-state index contributed by atoms with van der Waals surface area (Å²) in [5, 5.41) is 1.07. The van der Waals surface area contributed by atoms with Gasteiger partial charge in [0, 0.05) is 8.07 Å². The molecule has 2 aromatic rings. The summed E-state index contributed by atoms with van der Waals surface area (Å²) in [6.45, 7) is 2.12. The van der Waals surface area contributed by atoms with Crippen molar-refractivity contribution in [1.82, 2.24) is 4.49 Å². The Bertz CT molecular complexity index is 644. The normalized spacial score (nSPS) is 13.0. The van der Waals surface area contributed by atoms with E-state index >= 15 is 0 Å². The molecule has 0 bridgehead atoms. The van der Waals surface area contributed by atoms with Crippen molar-refractivity contribution in [2.75, 3.05) is 6.16 Å². The van der Waals surface area contributed by atoms with Crippen LogP contribution in [0.5, 0.6) is 0 Å². The first-order valence-corrected chi connectivity index (χ1v) is 10.0. The van der Waals surface area contributed by atoms with Crippen LogP contribution in [-0.2, 0) is 10.0 Å². The third kappa shape index (κ3) is 4.63. The molecule has 5 heteroatoms. The highest BCUT2D eigenvalue weighted by molar-refractivity contribution is 7.96. The van der Waals surface area contributed by atoms with E-state index in [9.17, 15) is 8.42 Å². The maximum atomic E-state index is 12.5. The van der Waals surface area contributed by atoms with Gasteiger partial charge in [0.1, 0.15) is 0 Å². The Kier molecular flexibility index (Phi) is 5.92. The second-order valence-corrected chi connectivity index (χ2v) is 8.78. The standard InChI is InChI=1S/C16H20NO2PS/c1-2-3-14-20(15-10-6-4-7-11-15)17-21(18,19)16-12-8-5-9-13-16/h4-13,17H,2-3,14H2,1H3. The molecule has 0 amide bonds. The van der Waals surface area contributed by atoms with E-state index in [4.69, 9.17) is 0 Å². The van der Waals surface area contributed by atoms with Crippen LogP contribution in [0.3, 0.4) is 0 Å². The van der Waals surface area contributed by atoms with Gasteiger partial charge >= 0.3 is 0 Å². The molecule has 0 fully saturated rings. The fourth-order valence-corrected chi connectivity index (χ4v) is 6.26. The molecular weight excluding hydrogens is 301 g/mol. The lowest BCUT2D eigenvalue weighted by atomic mass is 10.4. The zero-order valence-electron chi connectivity index (χ0n) is 12.1. The van der Waals surface area contributed by atoms with Gasteiger partial charge in [0.2, 0.25) is 10.0 Å². The summed E-state index contributed by atoms with van der Waals surface area (Å²) < 4.78 is 27.9. The summed E-state index contributed by atoms with van der Waals surface area (Å²) in [5.41, 5.74) is 0. The maximum absolute atomic E-state index is 12.5. The van der Waals surface area contributed by atoms with Gasteiger partial charge in [0.05, 0.1) is 4.90 Å². The van der Waals surface area contributed by atoms with E-state index in [2.05, 4.69) is 11.4 Å². The number of rotatable bonds is 7. The predicted octanol–water partition coefficient (Wildman–Crippen LogP) is 3.49. The SMILES string of the molecule is CCCCP(NS(=O)(=O)c1ccccc1)c1ccccc1. The van der Waals surface area contributed by atoms with E-state index in [1.807, 2.05) is 36.4 Å². The molecule has 0 saturated heterocycles. The van der Waals surface area contributed by atoms with Gasteiger partial charge in [-0.05, 0) is 30.0 Å².